The van der Waals surface area contributed by atoms with Gasteiger partial charge >= 0.3 is 0 Å². The highest BCUT2D eigenvalue weighted by Gasteiger charge is 2.11. The van der Waals surface area contributed by atoms with Crippen LogP contribution >= 0.6 is 46.6 Å². The van der Waals surface area contributed by atoms with Crippen LogP contribution in [0.15, 0.2) is 41.3 Å². The first-order valence-corrected chi connectivity index (χ1v) is 8.22. The Bertz CT molecular complexity index is 656. The molecular formula is C15H12Cl3NOS. The molecule has 0 atom stereocenters. The van der Waals surface area contributed by atoms with Crippen molar-refractivity contribution in [2.24, 2.45) is 0 Å². The average molecular weight is 361 g/mol. The van der Waals surface area contributed by atoms with E-state index < -0.39 is 0 Å². The van der Waals surface area contributed by atoms with Crippen LogP contribution in [0.3, 0.4) is 0 Å². The second-order valence-corrected chi connectivity index (χ2v) is 6.51. The van der Waals surface area contributed by atoms with Gasteiger partial charge in [0.2, 0.25) is 5.91 Å². The molecule has 2 nitrogen and oxygen atoms in total. The van der Waals surface area contributed by atoms with E-state index in [9.17, 15) is 4.79 Å². The van der Waals surface area contributed by atoms with Crippen LogP contribution < -0.4 is 5.32 Å². The van der Waals surface area contributed by atoms with Crippen LogP contribution in [-0.4, -0.2) is 11.7 Å². The largest absolute Gasteiger partial charge is 0.325 e. The molecule has 0 radical (unpaired) electrons. The number of hydrogen-bond donors (Lipinski definition) is 1. The third-order valence-corrected chi connectivity index (χ3v) is 5.21. The molecule has 0 heterocycles. The smallest absolute Gasteiger partial charge is 0.234 e. The highest BCUT2D eigenvalue weighted by atomic mass is 35.5. The van der Waals surface area contributed by atoms with Gasteiger partial charge in [-0.2, -0.15) is 0 Å². The van der Waals surface area contributed by atoms with Crippen LogP contribution in [0.1, 0.15) is 5.56 Å². The molecule has 2 rings (SSSR count). The molecule has 0 saturated heterocycles. The van der Waals surface area contributed by atoms with Gasteiger partial charge in [-0.15, -0.1) is 11.8 Å². The van der Waals surface area contributed by atoms with Crippen LogP contribution in [0, 0.1) is 6.92 Å². The van der Waals surface area contributed by atoms with Gasteiger partial charge in [-0.25, -0.2) is 0 Å². The number of carbonyl (C=O) groups excluding carboxylic acids is 1. The third kappa shape index (κ3) is 4.30. The summed E-state index contributed by atoms with van der Waals surface area (Å²) in [5.41, 5.74) is 1.55. The van der Waals surface area contributed by atoms with Crippen molar-refractivity contribution >= 4 is 58.2 Å². The molecule has 0 spiro atoms. The normalized spacial score (nSPS) is 10.5. The van der Waals surface area contributed by atoms with Crippen molar-refractivity contribution in [2.45, 2.75) is 11.8 Å². The monoisotopic (exact) mass is 359 g/mol. The molecule has 1 N–H and O–H groups in total. The van der Waals surface area contributed by atoms with E-state index >= 15 is 0 Å². The molecule has 1 amide bonds. The standard InChI is InChI=1S/C15H12Cl3NOS/c1-9-10(16)4-3-7-13(9)19-14(20)8-21-15-11(17)5-2-6-12(15)18/h2-7H,8H2,1H3,(H,19,20). The van der Waals surface area contributed by atoms with Crippen molar-refractivity contribution in [3.63, 3.8) is 0 Å². The Kier molecular flexibility index (Phi) is 5.82. The molecule has 0 aliphatic rings. The Balaban J connectivity index is 2.01. The number of carbonyl (C=O) groups is 1. The molecule has 0 saturated carbocycles. The Hall–Kier alpha value is -0.870. The van der Waals surface area contributed by atoms with E-state index in [0.717, 1.165) is 5.56 Å². The zero-order valence-corrected chi connectivity index (χ0v) is 14.2. The summed E-state index contributed by atoms with van der Waals surface area (Å²) in [5.74, 6) is 0.0800. The van der Waals surface area contributed by atoms with Gasteiger partial charge in [0.25, 0.3) is 0 Å². The minimum absolute atomic E-state index is 0.138. The van der Waals surface area contributed by atoms with Gasteiger partial charge in [-0.05, 0) is 36.8 Å². The number of hydrogen-bond acceptors (Lipinski definition) is 2. The van der Waals surface area contributed by atoms with E-state index in [4.69, 9.17) is 34.8 Å². The lowest BCUT2D eigenvalue weighted by atomic mass is 10.2. The molecule has 2 aromatic rings. The first-order valence-electron chi connectivity index (χ1n) is 6.11. The molecule has 21 heavy (non-hydrogen) atoms. The number of nitrogens with one attached hydrogen (secondary N) is 1. The zero-order chi connectivity index (χ0) is 15.4. The summed E-state index contributed by atoms with van der Waals surface area (Å²) in [6, 6.07) is 10.6. The molecule has 0 bridgehead atoms. The SMILES string of the molecule is Cc1c(Cl)cccc1NC(=O)CSc1c(Cl)cccc1Cl. The van der Waals surface area contributed by atoms with Crippen LogP contribution in [-0.2, 0) is 4.79 Å². The molecule has 0 aliphatic carbocycles. The minimum Gasteiger partial charge on any atom is -0.325 e. The van der Waals surface area contributed by atoms with Crippen LogP contribution in [0.2, 0.25) is 15.1 Å². The van der Waals surface area contributed by atoms with Crippen LogP contribution in [0.5, 0.6) is 0 Å². The summed E-state index contributed by atoms with van der Waals surface area (Å²) < 4.78 is 0. The topological polar surface area (TPSA) is 29.1 Å². The second kappa shape index (κ2) is 7.41. The first-order chi connectivity index (χ1) is 9.99. The third-order valence-electron chi connectivity index (χ3n) is 2.81. The number of anilines is 1. The Morgan fingerprint density at radius 1 is 1.05 bits per heavy atom. The lowest BCUT2D eigenvalue weighted by molar-refractivity contribution is -0.113. The summed E-state index contributed by atoms with van der Waals surface area (Å²) in [6.07, 6.45) is 0. The maximum atomic E-state index is 12.0. The minimum atomic E-state index is -0.138. The fourth-order valence-corrected chi connectivity index (χ4v) is 3.35. The van der Waals surface area contributed by atoms with Gasteiger partial charge in [0.15, 0.2) is 0 Å². The number of benzene rings is 2. The van der Waals surface area contributed by atoms with Crippen LogP contribution in [0.25, 0.3) is 0 Å². The average Bonchev–Trinajstić information content (AvgIpc) is 2.43. The number of halogens is 3. The van der Waals surface area contributed by atoms with Crippen molar-refractivity contribution in [3.05, 3.63) is 57.0 Å². The van der Waals surface area contributed by atoms with E-state index in [1.54, 1.807) is 30.3 Å². The second-order valence-electron chi connectivity index (χ2n) is 4.30. The summed E-state index contributed by atoms with van der Waals surface area (Å²) in [6.45, 7) is 1.86. The Morgan fingerprint density at radius 3 is 2.29 bits per heavy atom. The first kappa shape index (κ1) is 16.5. The lowest BCUT2D eigenvalue weighted by Gasteiger charge is -2.10. The van der Waals surface area contributed by atoms with E-state index in [1.807, 2.05) is 13.0 Å². The number of amides is 1. The molecule has 0 unspecified atom stereocenters. The Morgan fingerprint density at radius 2 is 1.62 bits per heavy atom. The van der Waals surface area contributed by atoms with Gasteiger partial charge in [0.1, 0.15) is 0 Å². The van der Waals surface area contributed by atoms with Crippen molar-refractivity contribution in [1.82, 2.24) is 0 Å². The maximum Gasteiger partial charge on any atom is 0.234 e. The highest BCUT2D eigenvalue weighted by molar-refractivity contribution is 8.00. The van der Waals surface area contributed by atoms with E-state index in [2.05, 4.69) is 5.32 Å². The van der Waals surface area contributed by atoms with Crippen molar-refractivity contribution in [1.29, 1.82) is 0 Å². The summed E-state index contributed by atoms with van der Waals surface area (Å²) in [7, 11) is 0. The highest BCUT2D eigenvalue weighted by Crippen LogP contribution is 2.34. The molecule has 0 aromatic heterocycles. The number of rotatable bonds is 4. The molecule has 0 fully saturated rings. The number of thioether (sulfide) groups is 1. The van der Waals surface area contributed by atoms with Crippen molar-refractivity contribution in [3.8, 4) is 0 Å². The van der Waals surface area contributed by atoms with Gasteiger partial charge in [-0.1, -0.05) is 46.9 Å². The summed E-state index contributed by atoms with van der Waals surface area (Å²) in [5, 5.41) is 4.53. The Labute approximate surface area is 142 Å². The molecule has 2 aromatic carbocycles. The van der Waals surface area contributed by atoms with Gasteiger partial charge in [-0.3, -0.25) is 4.79 Å². The van der Waals surface area contributed by atoms with Gasteiger partial charge in [0.05, 0.1) is 15.8 Å². The fraction of sp³-hybridized carbons (Fsp3) is 0.133. The predicted octanol–water partition coefficient (Wildman–Crippen LogP) is 5.69. The van der Waals surface area contributed by atoms with E-state index in [1.165, 1.54) is 11.8 Å². The molecular weight excluding hydrogens is 349 g/mol. The molecule has 0 aliphatic heterocycles. The van der Waals surface area contributed by atoms with Gasteiger partial charge in [0, 0.05) is 15.6 Å². The van der Waals surface area contributed by atoms with Crippen molar-refractivity contribution in [2.75, 3.05) is 11.1 Å². The van der Waals surface area contributed by atoms with Crippen LogP contribution in [0.4, 0.5) is 5.69 Å². The van der Waals surface area contributed by atoms with Crippen molar-refractivity contribution < 1.29 is 4.79 Å². The molecule has 6 heteroatoms. The summed E-state index contributed by atoms with van der Waals surface area (Å²) >= 11 is 19.5. The fourth-order valence-electron chi connectivity index (χ4n) is 1.69. The zero-order valence-electron chi connectivity index (χ0n) is 11.1. The molecule has 110 valence electrons. The maximum absolute atomic E-state index is 12.0. The quantitative estimate of drug-likeness (QED) is 0.710. The lowest BCUT2D eigenvalue weighted by Crippen LogP contribution is -2.14. The van der Waals surface area contributed by atoms with E-state index in [0.29, 0.717) is 25.7 Å². The summed E-state index contributed by atoms with van der Waals surface area (Å²) in [4.78, 5) is 12.7. The van der Waals surface area contributed by atoms with E-state index in [-0.39, 0.29) is 11.7 Å². The predicted molar refractivity (Wildman–Crippen MR) is 92.0 cm³/mol. The van der Waals surface area contributed by atoms with Gasteiger partial charge < -0.3 is 5.32 Å².